The third-order valence-electron chi connectivity index (χ3n) is 6.62. The van der Waals surface area contributed by atoms with Gasteiger partial charge in [0.2, 0.25) is 5.95 Å². The van der Waals surface area contributed by atoms with Crippen LogP contribution in [0.2, 0.25) is 0 Å². The van der Waals surface area contributed by atoms with Crippen LogP contribution >= 0.6 is 0 Å². The van der Waals surface area contributed by atoms with E-state index in [-0.39, 0.29) is 23.4 Å². The fourth-order valence-electron chi connectivity index (χ4n) is 4.71. The lowest BCUT2D eigenvalue weighted by Crippen LogP contribution is -2.43. The molecule has 0 radical (unpaired) electrons. The normalized spacial score (nSPS) is 14.7. The summed E-state index contributed by atoms with van der Waals surface area (Å²) >= 11 is 0. The van der Waals surface area contributed by atoms with Crippen LogP contribution < -0.4 is 21.1 Å². The summed E-state index contributed by atoms with van der Waals surface area (Å²) in [6.45, 7) is 8.88. The highest BCUT2D eigenvalue weighted by molar-refractivity contribution is 7.85. The molecule has 4 aromatic rings. The van der Waals surface area contributed by atoms with Crippen molar-refractivity contribution in [3.8, 4) is 11.1 Å². The number of piperazine rings is 1. The highest BCUT2D eigenvalue weighted by Gasteiger charge is 2.18. The number of pyridine rings is 1. The zero-order valence-electron chi connectivity index (χ0n) is 21.7. The zero-order valence-corrected chi connectivity index (χ0v) is 22.5. The van der Waals surface area contributed by atoms with Gasteiger partial charge in [-0.3, -0.25) is 13.6 Å². The summed E-state index contributed by atoms with van der Waals surface area (Å²) in [7, 11) is -1.12. The van der Waals surface area contributed by atoms with Crippen LogP contribution in [0.1, 0.15) is 26.8 Å². The lowest BCUT2D eigenvalue weighted by atomic mass is 10.1. The van der Waals surface area contributed by atoms with Crippen molar-refractivity contribution in [2.75, 3.05) is 42.1 Å². The summed E-state index contributed by atoms with van der Waals surface area (Å²) in [4.78, 5) is 25.4. The molecule has 5 rings (SSSR count). The van der Waals surface area contributed by atoms with Crippen molar-refractivity contribution in [1.29, 1.82) is 0 Å². The maximum atomic E-state index is 14.9. The van der Waals surface area contributed by atoms with Gasteiger partial charge in [-0.15, -0.1) is 0 Å². The summed E-state index contributed by atoms with van der Waals surface area (Å²) in [6.07, 6.45) is 1.66. The molecule has 0 aliphatic carbocycles. The Labute approximate surface area is 223 Å². The number of anilines is 3. The second-order valence-electron chi connectivity index (χ2n) is 9.49. The molecule has 0 bridgehead atoms. The predicted octanol–water partition coefficient (Wildman–Crippen LogP) is 4.46. The molecule has 3 heterocycles. The van der Waals surface area contributed by atoms with Crippen molar-refractivity contribution in [2.24, 2.45) is 0 Å². The highest BCUT2D eigenvalue weighted by Crippen LogP contribution is 2.27. The van der Waals surface area contributed by atoms with Gasteiger partial charge in [0.05, 0.1) is 16.5 Å². The fraction of sp³-hybridized carbons (Fsp3) is 0.321. The largest absolute Gasteiger partial charge is 0.367 e. The van der Waals surface area contributed by atoms with Gasteiger partial charge in [-0.2, -0.15) is 4.98 Å². The Hall–Kier alpha value is -3.63. The Kier molecular flexibility index (Phi) is 7.53. The molecule has 2 aromatic heterocycles. The number of nitrogens with zero attached hydrogens (tertiary/aromatic N) is 4. The number of hydrogen-bond donors (Lipinski definition) is 2. The van der Waals surface area contributed by atoms with Crippen molar-refractivity contribution in [2.45, 2.75) is 31.7 Å². The van der Waals surface area contributed by atoms with Crippen LogP contribution in [-0.4, -0.2) is 50.7 Å². The molecule has 2 N–H and O–H groups in total. The van der Waals surface area contributed by atoms with Gasteiger partial charge in [-0.25, -0.2) is 9.37 Å². The average molecular weight is 535 g/mol. The molecule has 8 nitrogen and oxygen atoms in total. The van der Waals surface area contributed by atoms with E-state index >= 15 is 0 Å². The van der Waals surface area contributed by atoms with Crippen LogP contribution in [0.5, 0.6) is 0 Å². The quantitative estimate of drug-likeness (QED) is 0.362. The Bertz CT molecular complexity index is 1570. The third kappa shape index (κ3) is 5.19. The molecule has 0 saturated carbocycles. The van der Waals surface area contributed by atoms with E-state index < -0.39 is 10.8 Å². The molecule has 2 aromatic carbocycles. The number of fused-ring (bicyclic) bond motifs is 1. The van der Waals surface area contributed by atoms with Gasteiger partial charge in [0, 0.05) is 65.7 Å². The van der Waals surface area contributed by atoms with Gasteiger partial charge in [0.1, 0.15) is 11.5 Å². The first-order valence-electron chi connectivity index (χ1n) is 12.8. The van der Waals surface area contributed by atoms with Crippen LogP contribution in [0.25, 0.3) is 22.2 Å². The minimum Gasteiger partial charge on any atom is -0.367 e. The molecule has 0 amide bonds. The minimum atomic E-state index is -1.12. The van der Waals surface area contributed by atoms with E-state index in [2.05, 4.69) is 20.6 Å². The van der Waals surface area contributed by atoms with E-state index in [1.54, 1.807) is 29.0 Å². The first kappa shape index (κ1) is 26.0. The topological polar surface area (TPSA) is 92.2 Å². The van der Waals surface area contributed by atoms with Gasteiger partial charge in [-0.1, -0.05) is 19.1 Å². The first-order valence-corrected chi connectivity index (χ1v) is 14.1. The standard InChI is InChI=1S/C28H31FN6O2S/c1-4-38(37)22-7-5-6-19(14-22)23-15-20-17-31-28(33-26(20)35(18(2)3)27(23)36)32-21-8-9-25(24(29)16-21)34-12-10-30-11-13-34/h5-9,14-18,30H,4,10-13H2,1-3H3,(H,31,32,33). The second kappa shape index (κ2) is 11.0. The summed E-state index contributed by atoms with van der Waals surface area (Å²) in [5.74, 6) is 0.463. The van der Waals surface area contributed by atoms with Crippen molar-refractivity contribution in [3.05, 3.63) is 70.9 Å². The number of benzene rings is 2. The number of halogens is 1. The Morgan fingerprint density at radius 3 is 2.63 bits per heavy atom. The van der Waals surface area contributed by atoms with Crippen molar-refractivity contribution >= 4 is 39.2 Å². The van der Waals surface area contributed by atoms with Gasteiger partial charge < -0.3 is 15.5 Å². The molecule has 1 aliphatic rings. The lowest BCUT2D eigenvalue weighted by molar-refractivity contribution is 0.566. The molecule has 38 heavy (non-hydrogen) atoms. The molecular weight excluding hydrogens is 503 g/mol. The van der Waals surface area contributed by atoms with E-state index in [4.69, 9.17) is 0 Å². The van der Waals surface area contributed by atoms with E-state index in [1.165, 1.54) is 6.07 Å². The molecule has 1 saturated heterocycles. The number of rotatable bonds is 7. The van der Waals surface area contributed by atoms with Crippen molar-refractivity contribution in [1.82, 2.24) is 19.9 Å². The number of aromatic nitrogens is 3. The van der Waals surface area contributed by atoms with Crippen LogP contribution in [-0.2, 0) is 10.8 Å². The van der Waals surface area contributed by atoms with Crippen molar-refractivity contribution < 1.29 is 8.60 Å². The Morgan fingerprint density at radius 2 is 1.92 bits per heavy atom. The first-order chi connectivity index (χ1) is 18.4. The Morgan fingerprint density at radius 1 is 1.13 bits per heavy atom. The molecule has 1 aliphatic heterocycles. The minimum absolute atomic E-state index is 0.170. The molecule has 0 spiro atoms. The van der Waals surface area contributed by atoms with Gasteiger partial charge >= 0.3 is 0 Å². The third-order valence-corrected chi connectivity index (χ3v) is 7.93. The number of nitrogens with one attached hydrogen (secondary N) is 2. The van der Waals surface area contributed by atoms with E-state index in [1.807, 2.05) is 49.9 Å². The van der Waals surface area contributed by atoms with Crippen molar-refractivity contribution in [3.63, 3.8) is 0 Å². The second-order valence-corrected chi connectivity index (χ2v) is 11.2. The summed E-state index contributed by atoms with van der Waals surface area (Å²) in [5, 5.41) is 7.05. The summed E-state index contributed by atoms with van der Waals surface area (Å²) < 4.78 is 28.9. The predicted molar refractivity (Wildman–Crippen MR) is 151 cm³/mol. The lowest BCUT2D eigenvalue weighted by Gasteiger charge is -2.29. The van der Waals surface area contributed by atoms with E-state index in [0.29, 0.717) is 44.2 Å². The summed E-state index contributed by atoms with van der Waals surface area (Å²) in [5.41, 5.74) is 2.59. The fourth-order valence-corrected chi connectivity index (χ4v) is 5.54. The smallest absolute Gasteiger partial charge is 0.260 e. The van der Waals surface area contributed by atoms with Crippen LogP contribution in [0.4, 0.5) is 21.7 Å². The average Bonchev–Trinajstić information content (AvgIpc) is 2.92. The molecule has 1 atom stereocenters. The maximum Gasteiger partial charge on any atom is 0.260 e. The summed E-state index contributed by atoms with van der Waals surface area (Å²) in [6, 6.07) is 13.9. The molecular formula is C28H31FN6O2S. The molecule has 1 fully saturated rings. The Balaban J connectivity index is 1.50. The van der Waals surface area contributed by atoms with Gasteiger partial charge in [-0.05, 0) is 55.8 Å². The highest BCUT2D eigenvalue weighted by atomic mass is 32.2. The maximum absolute atomic E-state index is 14.9. The monoisotopic (exact) mass is 534 g/mol. The molecule has 1 unspecified atom stereocenters. The molecule has 198 valence electrons. The molecule has 10 heteroatoms. The van der Waals surface area contributed by atoms with E-state index in [0.717, 1.165) is 26.2 Å². The SMILES string of the molecule is CCS(=O)c1cccc(-c2cc3cnc(Nc4ccc(N5CCNCC5)c(F)c4)nc3n(C(C)C)c2=O)c1. The van der Waals surface area contributed by atoms with Crippen LogP contribution in [0.3, 0.4) is 0 Å². The van der Waals surface area contributed by atoms with Crippen LogP contribution in [0.15, 0.2) is 64.4 Å². The van der Waals surface area contributed by atoms with Gasteiger partial charge in [0.25, 0.3) is 5.56 Å². The van der Waals surface area contributed by atoms with Crippen LogP contribution in [0, 0.1) is 5.82 Å². The zero-order chi connectivity index (χ0) is 26.8. The van der Waals surface area contributed by atoms with Gasteiger partial charge in [0.15, 0.2) is 0 Å². The van der Waals surface area contributed by atoms with E-state index in [9.17, 15) is 13.4 Å². The number of hydrogen-bond acceptors (Lipinski definition) is 7.